The van der Waals surface area contributed by atoms with Crippen LogP contribution in [0.3, 0.4) is 0 Å². The molecule has 0 aliphatic carbocycles. The van der Waals surface area contributed by atoms with E-state index >= 15 is 0 Å². The third-order valence-corrected chi connectivity index (χ3v) is 3.86. The first-order valence-corrected chi connectivity index (χ1v) is 8.52. The summed E-state index contributed by atoms with van der Waals surface area (Å²) in [6.45, 7) is -0.244. The SMILES string of the molecule is COc1cc(OC)c(OC)cc1C=NNC(=O)CNC(=O)c1cccc(Cl)c1. The highest BCUT2D eigenvalue weighted by molar-refractivity contribution is 6.31. The van der Waals surface area contributed by atoms with E-state index in [0.29, 0.717) is 33.4 Å². The van der Waals surface area contributed by atoms with Gasteiger partial charge in [-0.15, -0.1) is 0 Å². The topological polar surface area (TPSA) is 98.2 Å². The average molecular weight is 406 g/mol. The van der Waals surface area contributed by atoms with Crippen molar-refractivity contribution in [3.63, 3.8) is 0 Å². The van der Waals surface area contributed by atoms with Crippen LogP contribution in [0.1, 0.15) is 15.9 Å². The average Bonchev–Trinajstić information content (AvgIpc) is 2.71. The molecule has 0 saturated heterocycles. The number of hydrogen-bond donors (Lipinski definition) is 2. The van der Waals surface area contributed by atoms with Crippen LogP contribution in [-0.4, -0.2) is 45.9 Å². The van der Waals surface area contributed by atoms with Gasteiger partial charge in [0.15, 0.2) is 11.5 Å². The van der Waals surface area contributed by atoms with Gasteiger partial charge in [-0.1, -0.05) is 17.7 Å². The van der Waals surface area contributed by atoms with E-state index in [-0.39, 0.29) is 6.54 Å². The van der Waals surface area contributed by atoms with Crippen LogP contribution in [0.15, 0.2) is 41.5 Å². The number of benzene rings is 2. The molecule has 2 N–H and O–H groups in total. The van der Waals surface area contributed by atoms with Gasteiger partial charge in [0, 0.05) is 22.2 Å². The quantitative estimate of drug-likeness (QED) is 0.518. The molecule has 2 aromatic rings. The Morgan fingerprint density at radius 2 is 1.71 bits per heavy atom. The number of methoxy groups -OCH3 is 3. The molecule has 2 rings (SSSR count). The van der Waals surface area contributed by atoms with E-state index in [0.717, 1.165) is 0 Å². The summed E-state index contributed by atoms with van der Waals surface area (Å²) in [7, 11) is 4.53. The molecule has 0 heterocycles. The molecule has 0 saturated carbocycles. The van der Waals surface area contributed by atoms with E-state index in [4.69, 9.17) is 25.8 Å². The second-order valence-electron chi connectivity index (χ2n) is 5.44. The van der Waals surface area contributed by atoms with Crippen molar-refractivity contribution in [1.82, 2.24) is 10.7 Å². The van der Waals surface area contributed by atoms with Gasteiger partial charge in [0.05, 0.1) is 34.1 Å². The predicted molar refractivity (Wildman–Crippen MR) is 106 cm³/mol. The number of hydrazone groups is 1. The molecule has 2 aromatic carbocycles. The Labute approximate surface area is 167 Å². The number of nitrogens with zero attached hydrogens (tertiary/aromatic N) is 1. The lowest BCUT2D eigenvalue weighted by Crippen LogP contribution is -2.34. The molecule has 0 fully saturated rings. The van der Waals surface area contributed by atoms with Gasteiger partial charge in [-0.3, -0.25) is 9.59 Å². The van der Waals surface area contributed by atoms with Crippen molar-refractivity contribution >= 4 is 29.6 Å². The fraction of sp³-hybridized carbons (Fsp3) is 0.211. The molecule has 0 aliphatic heterocycles. The van der Waals surface area contributed by atoms with Crippen molar-refractivity contribution in [2.24, 2.45) is 5.10 Å². The van der Waals surface area contributed by atoms with E-state index in [1.165, 1.54) is 33.6 Å². The standard InChI is InChI=1S/C19H20ClN3O5/c1-26-15-9-17(28-3)16(27-2)8-13(15)10-22-23-18(24)11-21-19(25)12-5-4-6-14(20)7-12/h4-10H,11H2,1-3H3,(H,21,25)(H,23,24). The number of ether oxygens (including phenoxy) is 3. The lowest BCUT2D eigenvalue weighted by Gasteiger charge is -2.11. The first kappa shape index (κ1) is 21.0. The van der Waals surface area contributed by atoms with Gasteiger partial charge in [0.2, 0.25) is 0 Å². The van der Waals surface area contributed by atoms with Gasteiger partial charge in [0.25, 0.3) is 11.8 Å². The van der Waals surface area contributed by atoms with Gasteiger partial charge in [-0.05, 0) is 24.3 Å². The van der Waals surface area contributed by atoms with Crippen molar-refractivity contribution in [2.75, 3.05) is 27.9 Å². The molecule has 0 aromatic heterocycles. The Balaban J connectivity index is 1.95. The monoisotopic (exact) mass is 405 g/mol. The van der Waals surface area contributed by atoms with Crippen LogP contribution in [0, 0.1) is 0 Å². The highest BCUT2D eigenvalue weighted by atomic mass is 35.5. The van der Waals surface area contributed by atoms with Gasteiger partial charge in [-0.2, -0.15) is 5.10 Å². The Morgan fingerprint density at radius 3 is 2.36 bits per heavy atom. The van der Waals surface area contributed by atoms with Gasteiger partial charge < -0.3 is 19.5 Å². The van der Waals surface area contributed by atoms with Crippen LogP contribution in [-0.2, 0) is 4.79 Å². The summed E-state index contributed by atoms with van der Waals surface area (Å²) < 4.78 is 15.7. The molecule has 8 nitrogen and oxygen atoms in total. The van der Waals surface area contributed by atoms with Crippen molar-refractivity contribution < 1.29 is 23.8 Å². The minimum Gasteiger partial charge on any atom is -0.496 e. The van der Waals surface area contributed by atoms with Crippen LogP contribution in [0.25, 0.3) is 0 Å². The zero-order valence-corrected chi connectivity index (χ0v) is 16.4. The van der Waals surface area contributed by atoms with E-state index in [9.17, 15) is 9.59 Å². The van der Waals surface area contributed by atoms with Crippen molar-refractivity contribution in [2.45, 2.75) is 0 Å². The van der Waals surface area contributed by atoms with Crippen molar-refractivity contribution in [3.05, 3.63) is 52.5 Å². The lowest BCUT2D eigenvalue weighted by atomic mass is 10.2. The molecule has 0 unspecified atom stereocenters. The van der Waals surface area contributed by atoms with Crippen LogP contribution in [0.4, 0.5) is 0 Å². The highest BCUT2D eigenvalue weighted by Crippen LogP contribution is 2.33. The number of carbonyl (C=O) groups is 2. The largest absolute Gasteiger partial charge is 0.496 e. The lowest BCUT2D eigenvalue weighted by molar-refractivity contribution is -0.120. The number of nitrogens with one attached hydrogen (secondary N) is 2. The third kappa shape index (κ3) is 5.62. The molecular weight excluding hydrogens is 386 g/mol. The summed E-state index contributed by atoms with van der Waals surface area (Å²) >= 11 is 5.84. The molecule has 0 spiro atoms. The molecule has 0 atom stereocenters. The Bertz CT molecular complexity index is 886. The third-order valence-electron chi connectivity index (χ3n) is 3.63. The molecule has 148 valence electrons. The molecule has 28 heavy (non-hydrogen) atoms. The summed E-state index contributed by atoms with van der Waals surface area (Å²) in [6, 6.07) is 9.72. The summed E-state index contributed by atoms with van der Waals surface area (Å²) in [5, 5.41) is 6.79. The van der Waals surface area contributed by atoms with Crippen LogP contribution in [0.2, 0.25) is 5.02 Å². The van der Waals surface area contributed by atoms with Crippen molar-refractivity contribution in [3.8, 4) is 17.2 Å². The minimum atomic E-state index is -0.494. The van der Waals surface area contributed by atoms with Crippen LogP contribution >= 0.6 is 11.6 Å². The van der Waals surface area contributed by atoms with Gasteiger partial charge in [-0.25, -0.2) is 5.43 Å². The highest BCUT2D eigenvalue weighted by Gasteiger charge is 2.11. The van der Waals surface area contributed by atoms with E-state index in [1.807, 2.05) is 0 Å². The number of carbonyl (C=O) groups excluding carboxylic acids is 2. The van der Waals surface area contributed by atoms with E-state index < -0.39 is 11.8 Å². The molecule has 0 aliphatic rings. The molecule has 9 heteroatoms. The molecular formula is C19H20ClN3O5. The maximum Gasteiger partial charge on any atom is 0.259 e. The zero-order chi connectivity index (χ0) is 20.5. The zero-order valence-electron chi connectivity index (χ0n) is 15.6. The molecule has 0 radical (unpaired) electrons. The summed E-state index contributed by atoms with van der Waals surface area (Å²) in [5.41, 5.74) is 3.26. The normalized spacial score (nSPS) is 10.4. The van der Waals surface area contributed by atoms with E-state index in [1.54, 1.807) is 30.3 Å². The van der Waals surface area contributed by atoms with Gasteiger partial charge >= 0.3 is 0 Å². The number of halogens is 1. The number of rotatable bonds is 8. The fourth-order valence-electron chi connectivity index (χ4n) is 2.26. The Kier molecular flexibility index (Phi) is 7.65. The second-order valence-corrected chi connectivity index (χ2v) is 5.87. The number of amides is 2. The minimum absolute atomic E-state index is 0.244. The fourth-order valence-corrected chi connectivity index (χ4v) is 2.45. The Hall–Kier alpha value is -3.26. The molecule has 2 amide bonds. The summed E-state index contributed by atoms with van der Waals surface area (Å²) in [5.74, 6) is 0.577. The first-order chi connectivity index (χ1) is 13.5. The maximum absolute atomic E-state index is 12.0. The van der Waals surface area contributed by atoms with Gasteiger partial charge in [0.1, 0.15) is 5.75 Å². The summed E-state index contributed by atoms with van der Waals surface area (Å²) in [6.07, 6.45) is 1.40. The maximum atomic E-state index is 12.0. The first-order valence-electron chi connectivity index (χ1n) is 8.14. The van der Waals surface area contributed by atoms with Crippen LogP contribution < -0.4 is 25.0 Å². The summed E-state index contributed by atoms with van der Waals surface area (Å²) in [4.78, 5) is 23.9. The smallest absolute Gasteiger partial charge is 0.259 e. The van der Waals surface area contributed by atoms with Crippen LogP contribution in [0.5, 0.6) is 17.2 Å². The second kappa shape index (κ2) is 10.2. The Morgan fingerprint density at radius 1 is 1.04 bits per heavy atom. The van der Waals surface area contributed by atoms with E-state index in [2.05, 4.69) is 15.8 Å². The predicted octanol–water partition coefficient (Wildman–Crippen LogP) is 2.25. The number of hydrogen-bond acceptors (Lipinski definition) is 6. The molecule has 0 bridgehead atoms. The van der Waals surface area contributed by atoms with Crippen molar-refractivity contribution in [1.29, 1.82) is 0 Å².